The quantitative estimate of drug-likeness (QED) is 0.625. The minimum absolute atomic E-state index is 0.0461. The summed E-state index contributed by atoms with van der Waals surface area (Å²) in [4.78, 5) is 11.1. The third-order valence-corrected chi connectivity index (χ3v) is 5.92. The van der Waals surface area contributed by atoms with E-state index >= 15 is 0 Å². The van der Waals surface area contributed by atoms with Crippen molar-refractivity contribution in [2.45, 2.75) is 18.4 Å². The number of hydrogen-bond donors (Lipinski definition) is 0. The van der Waals surface area contributed by atoms with Gasteiger partial charge >= 0.3 is 0 Å². The topological polar surface area (TPSA) is 80.5 Å². The SMILES string of the molecule is Cc1ccsc1CN(C)S(=O)(=O)c1ccc([N+](=O)[O-])cc1. The van der Waals surface area contributed by atoms with E-state index in [1.165, 1.54) is 47.0 Å². The second kappa shape index (κ2) is 5.92. The van der Waals surface area contributed by atoms with Crippen molar-refractivity contribution in [3.8, 4) is 0 Å². The molecule has 0 saturated carbocycles. The molecule has 1 aromatic carbocycles. The molecule has 112 valence electrons. The Hall–Kier alpha value is -1.77. The first kappa shape index (κ1) is 15.6. The molecule has 0 aliphatic carbocycles. The highest BCUT2D eigenvalue weighted by Gasteiger charge is 2.22. The maximum absolute atomic E-state index is 12.4. The van der Waals surface area contributed by atoms with E-state index in [1.54, 1.807) is 0 Å². The molecule has 21 heavy (non-hydrogen) atoms. The average Bonchev–Trinajstić information content (AvgIpc) is 2.84. The summed E-state index contributed by atoms with van der Waals surface area (Å²) >= 11 is 1.50. The molecule has 0 N–H and O–H groups in total. The van der Waals surface area contributed by atoms with Crippen molar-refractivity contribution in [2.75, 3.05) is 7.05 Å². The number of thiophene rings is 1. The van der Waals surface area contributed by atoms with Gasteiger partial charge in [0.25, 0.3) is 5.69 Å². The number of rotatable bonds is 5. The smallest absolute Gasteiger partial charge is 0.258 e. The van der Waals surface area contributed by atoms with Crippen LogP contribution in [0, 0.1) is 17.0 Å². The summed E-state index contributed by atoms with van der Waals surface area (Å²) in [6.45, 7) is 2.21. The van der Waals surface area contributed by atoms with Crippen molar-refractivity contribution in [1.29, 1.82) is 0 Å². The first-order valence-electron chi connectivity index (χ1n) is 6.06. The monoisotopic (exact) mass is 326 g/mol. The highest BCUT2D eigenvalue weighted by Crippen LogP contribution is 2.23. The molecule has 0 aliphatic heterocycles. The van der Waals surface area contributed by atoms with Gasteiger partial charge in [0.15, 0.2) is 0 Å². The molecule has 0 unspecified atom stereocenters. The molecule has 2 aromatic rings. The number of nitro benzene ring substituents is 1. The summed E-state index contributed by atoms with van der Waals surface area (Å²) in [6.07, 6.45) is 0. The van der Waals surface area contributed by atoms with Crippen LogP contribution in [0.3, 0.4) is 0 Å². The van der Waals surface area contributed by atoms with Gasteiger partial charge in [0, 0.05) is 30.6 Å². The van der Waals surface area contributed by atoms with E-state index in [4.69, 9.17) is 0 Å². The van der Waals surface area contributed by atoms with Crippen LogP contribution in [0.4, 0.5) is 5.69 Å². The third-order valence-electron chi connectivity index (χ3n) is 3.09. The van der Waals surface area contributed by atoms with Gasteiger partial charge in [-0.1, -0.05) is 0 Å². The van der Waals surface area contributed by atoms with Crippen LogP contribution in [0.25, 0.3) is 0 Å². The lowest BCUT2D eigenvalue weighted by molar-refractivity contribution is -0.384. The van der Waals surface area contributed by atoms with E-state index in [1.807, 2.05) is 18.4 Å². The molecule has 0 spiro atoms. The Morgan fingerprint density at radius 2 is 1.86 bits per heavy atom. The Morgan fingerprint density at radius 3 is 2.33 bits per heavy atom. The van der Waals surface area contributed by atoms with Crippen molar-refractivity contribution < 1.29 is 13.3 Å². The number of nitrogens with zero attached hydrogens (tertiary/aromatic N) is 2. The molecule has 0 radical (unpaired) electrons. The summed E-state index contributed by atoms with van der Waals surface area (Å²) in [6, 6.07) is 6.83. The summed E-state index contributed by atoms with van der Waals surface area (Å²) in [5.74, 6) is 0. The van der Waals surface area contributed by atoms with Gasteiger partial charge in [-0.15, -0.1) is 11.3 Å². The fourth-order valence-corrected chi connectivity index (χ4v) is 3.95. The average molecular weight is 326 g/mol. The Morgan fingerprint density at radius 1 is 1.24 bits per heavy atom. The summed E-state index contributed by atoms with van der Waals surface area (Å²) < 4.78 is 26.1. The molecule has 1 aromatic heterocycles. The van der Waals surface area contributed by atoms with Crippen molar-refractivity contribution in [1.82, 2.24) is 4.31 Å². The summed E-state index contributed by atoms with van der Waals surface area (Å²) in [7, 11) is -2.16. The predicted octanol–water partition coefficient (Wildman–Crippen LogP) is 2.79. The Kier molecular flexibility index (Phi) is 4.40. The van der Waals surface area contributed by atoms with Gasteiger partial charge in [-0.3, -0.25) is 10.1 Å². The van der Waals surface area contributed by atoms with Crippen LogP contribution in [0.2, 0.25) is 0 Å². The second-order valence-corrected chi connectivity index (χ2v) is 7.58. The summed E-state index contributed by atoms with van der Waals surface area (Å²) in [5.41, 5.74) is 0.913. The Bertz CT molecular complexity index is 751. The minimum Gasteiger partial charge on any atom is -0.258 e. The molecule has 0 aliphatic rings. The predicted molar refractivity (Wildman–Crippen MR) is 80.8 cm³/mol. The lowest BCUT2D eigenvalue weighted by atomic mass is 10.3. The zero-order valence-corrected chi connectivity index (χ0v) is 13.1. The normalized spacial score (nSPS) is 11.8. The Labute approximate surface area is 126 Å². The highest BCUT2D eigenvalue weighted by atomic mass is 32.2. The molecular formula is C13H14N2O4S2. The standard InChI is InChI=1S/C13H14N2O4S2/c1-10-7-8-20-13(10)9-14(2)21(18,19)12-5-3-11(4-6-12)15(16)17/h3-8H,9H2,1-2H3. The third kappa shape index (κ3) is 3.29. The first-order valence-corrected chi connectivity index (χ1v) is 8.38. The first-order chi connectivity index (χ1) is 9.82. The lowest BCUT2D eigenvalue weighted by Crippen LogP contribution is -2.26. The number of aryl methyl sites for hydroxylation is 1. The van der Waals surface area contributed by atoms with Crippen LogP contribution in [0.1, 0.15) is 10.4 Å². The molecule has 0 atom stereocenters. The van der Waals surface area contributed by atoms with Gasteiger partial charge in [0.1, 0.15) is 0 Å². The zero-order chi connectivity index (χ0) is 15.6. The molecule has 0 saturated heterocycles. The molecule has 1 heterocycles. The lowest BCUT2D eigenvalue weighted by Gasteiger charge is -2.16. The summed E-state index contributed by atoms with van der Waals surface area (Å²) in [5, 5.41) is 12.5. The molecule has 6 nitrogen and oxygen atoms in total. The Balaban J connectivity index is 2.24. The van der Waals surface area contributed by atoms with Crippen molar-refractivity contribution in [3.05, 3.63) is 56.3 Å². The van der Waals surface area contributed by atoms with E-state index in [-0.39, 0.29) is 17.1 Å². The van der Waals surface area contributed by atoms with Crippen molar-refractivity contribution >= 4 is 27.0 Å². The van der Waals surface area contributed by atoms with Crippen molar-refractivity contribution in [3.63, 3.8) is 0 Å². The molecule has 0 amide bonds. The molecule has 0 fully saturated rings. The van der Waals surface area contributed by atoms with Crippen LogP contribution in [0.15, 0.2) is 40.6 Å². The fraction of sp³-hybridized carbons (Fsp3) is 0.231. The van der Waals surface area contributed by atoms with E-state index in [9.17, 15) is 18.5 Å². The number of benzene rings is 1. The van der Waals surface area contributed by atoms with Gasteiger partial charge in [-0.25, -0.2) is 8.42 Å². The van der Waals surface area contributed by atoms with Gasteiger partial charge in [0.05, 0.1) is 9.82 Å². The largest absolute Gasteiger partial charge is 0.269 e. The van der Waals surface area contributed by atoms with Crippen molar-refractivity contribution in [2.24, 2.45) is 0 Å². The molecule has 2 rings (SSSR count). The number of non-ortho nitro benzene ring substituents is 1. The maximum atomic E-state index is 12.4. The van der Waals surface area contributed by atoms with Crippen LogP contribution < -0.4 is 0 Å². The maximum Gasteiger partial charge on any atom is 0.269 e. The second-order valence-electron chi connectivity index (χ2n) is 4.54. The van der Waals surface area contributed by atoms with Crippen LogP contribution in [-0.2, 0) is 16.6 Å². The number of sulfonamides is 1. The van der Waals surface area contributed by atoms with E-state index in [0.29, 0.717) is 0 Å². The number of hydrogen-bond acceptors (Lipinski definition) is 5. The van der Waals surface area contributed by atoms with E-state index < -0.39 is 14.9 Å². The molecular weight excluding hydrogens is 312 g/mol. The molecule has 0 bridgehead atoms. The highest BCUT2D eigenvalue weighted by molar-refractivity contribution is 7.89. The van der Waals surface area contributed by atoms with E-state index in [0.717, 1.165) is 10.4 Å². The van der Waals surface area contributed by atoms with E-state index in [2.05, 4.69) is 0 Å². The van der Waals surface area contributed by atoms with Gasteiger partial charge in [-0.05, 0) is 36.1 Å². The van der Waals surface area contributed by atoms with Crippen LogP contribution >= 0.6 is 11.3 Å². The minimum atomic E-state index is -3.66. The van der Waals surface area contributed by atoms with Gasteiger partial charge in [-0.2, -0.15) is 4.31 Å². The van der Waals surface area contributed by atoms with Crippen LogP contribution in [0.5, 0.6) is 0 Å². The zero-order valence-electron chi connectivity index (χ0n) is 11.5. The van der Waals surface area contributed by atoms with Crippen LogP contribution in [-0.4, -0.2) is 24.7 Å². The number of nitro groups is 1. The van der Waals surface area contributed by atoms with Gasteiger partial charge in [0.2, 0.25) is 10.0 Å². The van der Waals surface area contributed by atoms with Gasteiger partial charge < -0.3 is 0 Å². The molecule has 8 heteroatoms. The fourth-order valence-electron chi connectivity index (χ4n) is 1.77.